The number of aromatic nitrogens is 4. The Kier molecular flexibility index (Phi) is 4.39. The summed E-state index contributed by atoms with van der Waals surface area (Å²) in [7, 11) is 0. The third-order valence-electron chi connectivity index (χ3n) is 5.55. The van der Waals surface area contributed by atoms with Crippen LogP contribution in [0.15, 0.2) is 60.9 Å². The fourth-order valence-corrected chi connectivity index (χ4v) is 3.94. The van der Waals surface area contributed by atoms with Crippen molar-refractivity contribution in [2.45, 2.75) is 32.7 Å². The summed E-state index contributed by atoms with van der Waals surface area (Å²) in [6, 6.07) is 17.1. The van der Waals surface area contributed by atoms with Gasteiger partial charge in [0.25, 0.3) is 0 Å². The van der Waals surface area contributed by atoms with E-state index in [1.165, 1.54) is 18.4 Å². The first-order valence-electron chi connectivity index (χ1n) is 10.1. The van der Waals surface area contributed by atoms with E-state index in [0.717, 1.165) is 40.8 Å². The molecule has 5 rings (SSSR count). The number of anilines is 3. The highest BCUT2D eigenvalue weighted by Crippen LogP contribution is 2.28. The molecule has 4 heterocycles. The van der Waals surface area contributed by atoms with Crippen molar-refractivity contribution in [2.75, 3.05) is 16.8 Å². The van der Waals surface area contributed by atoms with Crippen LogP contribution in [0, 0.1) is 6.92 Å². The number of rotatable bonds is 4. The number of fused-ring (bicyclic) bond motifs is 1. The Balaban J connectivity index is 1.52. The van der Waals surface area contributed by atoms with E-state index in [9.17, 15) is 0 Å². The Hall–Kier alpha value is -3.41. The zero-order valence-electron chi connectivity index (χ0n) is 16.7. The second-order valence-electron chi connectivity index (χ2n) is 7.70. The molecule has 4 aromatic rings. The van der Waals surface area contributed by atoms with E-state index in [0.29, 0.717) is 6.04 Å². The van der Waals surface area contributed by atoms with Crippen LogP contribution in [0.25, 0.3) is 16.9 Å². The fourth-order valence-electron chi connectivity index (χ4n) is 3.94. The minimum Gasteiger partial charge on any atom is -0.354 e. The largest absolute Gasteiger partial charge is 0.354 e. The third kappa shape index (κ3) is 3.42. The topological polar surface area (TPSA) is 58.3 Å². The molecule has 0 saturated carbocycles. The molecule has 1 N–H and O–H groups in total. The molecule has 6 heteroatoms. The molecular weight excluding hydrogens is 360 g/mol. The van der Waals surface area contributed by atoms with Crippen molar-refractivity contribution in [3.63, 3.8) is 0 Å². The summed E-state index contributed by atoms with van der Waals surface area (Å²) in [4.78, 5) is 11.7. The molecule has 6 nitrogen and oxygen atoms in total. The first-order chi connectivity index (χ1) is 14.2. The van der Waals surface area contributed by atoms with Crippen LogP contribution in [0.1, 0.15) is 25.3 Å². The lowest BCUT2D eigenvalue weighted by Gasteiger charge is -2.23. The van der Waals surface area contributed by atoms with Crippen LogP contribution in [0.3, 0.4) is 0 Å². The van der Waals surface area contributed by atoms with E-state index in [1.807, 2.05) is 22.8 Å². The Morgan fingerprint density at radius 3 is 2.76 bits per heavy atom. The van der Waals surface area contributed by atoms with Crippen molar-refractivity contribution in [3.05, 3.63) is 66.5 Å². The van der Waals surface area contributed by atoms with Crippen LogP contribution in [-0.4, -0.2) is 32.2 Å². The number of imidazole rings is 1. The highest BCUT2D eigenvalue weighted by atomic mass is 15.3. The van der Waals surface area contributed by atoms with Crippen LogP contribution in [0.2, 0.25) is 0 Å². The molecule has 1 aliphatic rings. The zero-order valence-corrected chi connectivity index (χ0v) is 16.7. The Bertz CT molecular complexity index is 1150. The summed E-state index contributed by atoms with van der Waals surface area (Å²) in [5.41, 5.74) is 4.86. The Morgan fingerprint density at radius 1 is 1.10 bits per heavy atom. The number of nitrogens with one attached hydrogen (secondary N) is 1. The standard InChI is InChI=1S/C23H24N6/c1-16-8-10-18(11-9-16)19-15-20(23-24-12-14-29(23)27-19)25-21-6-3-7-22(26-21)28-13-4-5-17(28)2/h3,6-12,14-15,17H,4-5,13H2,1-2H3,(H,25,26). The molecule has 1 aromatic carbocycles. The maximum absolute atomic E-state index is 4.86. The van der Waals surface area contributed by atoms with Crippen molar-refractivity contribution in [1.29, 1.82) is 0 Å². The number of pyridine rings is 1. The average molecular weight is 384 g/mol. The van der Waals surface area contributed by atoms with Gasteiger partial charge < -0.3 is 10.2 Å². The lowest BCUT2D eigenvalue weighted by atomic mass is 10.1. The molecule has 0 bridgehead atoms. The van der Waals surface area contributed by atoms with E-state index in [4.69, 9.17) is 10.1 Å². The number of nitrogens with zero attached hydrogens (tertiary/aromatic N) is 5. The third-order valence-corrected chi connectivity index (χ3v) is 5.55. The molecule has 0 radical (unpaired) electrons. The van der Waals surface area contributed by atoms with Crippen LogP contribution in [0.4, 0.5) is 17.3 Å². The van der Waals surface area contributed by atoms with Crippen molar-refractivity contribution >= 4 is 23.0 Å². The molecule has 146 valence electrons. The van der Waals surface area contributed by atoms with Crippen LogP contribution >= 0.6 is 0 Å². The van der Waals surface area contributed by atoms with Gasteiger partial charge in [0.2, 0.25) is 0 Å². The molecule has 3 aromatic heterocycles. The lowest BCUT2D eigenvalue weighted by Crippen LogP contribution is -2.27. The molecule has 29 heavy (non-hydrogen) atoms. The molecular formula is C23H24N6. The maximum atomic E-state index is 4.86. The highest BCUT2D eigenvalue weighted by molar-refractivity contribution is 5.77. The second-order valence-corrected chi connectivity index (χ2v) is 7.70. The van der Waals surface area contributed by atoms with Crippen molar-refractivity contribution < 1.29 is 0 Å². The van der Waals surface area contributed by atoms with Gasteiger partial charge in [-0.1, -0.05) is 35.9 Å². The van der Waals surface area contributed by atoms with E-state index >= 15 is 0 Å². The zero-order chi connectivity index (χ0) is 19.8. The minimum absolute atomic E-state index is 0.533. The smallest absolute Gasteiger partial charge is 0.177 e. The predicted molar refractivity (Wildman–Crippen MR) is 117 cm³/mol. The quantitative estimate of drug-likeness (QED) is 0.546. The van der Waals surface area contributed by atoms with Crippen molar-refractivity contribution in [2.24, 2.45) is 0 Å². The molecule has 0 amide bonds. The Labute approximate surface area is 170 Å². The van der Waals surface area contributed by atoms with E-state index in [-0.39, 0.29) is 0 Å². The van der Waals surface area contributed by atoms with Crippen LogP contribution < -0.4 is 10.2 Å². The first-order valence-corrected chi connectivity index (χ1v) is 10.1. The molecule has 1 unspecified atom stereocenters. The monoisotopic (exact) mass is 384 g/mol. The van der Waals surface area contributed by atoms with Crippen molar-refractivity contribution in [1.82, 2.24) is 19.6 Å². The van der Waals surface area contributed by atoms with Gasteiger partial charge in [0.05, 0.1) is 11.4 Å². The number of aryl methyl sites for hydroxylation is 1. The summed E-state index contributed by atoms with van der Waals surface area (Å²) in [5.74, 6) is 1.83. The fraction of sp³-hybridized carbons (Fsp3) is 0.261. The van der Waals surface area contributed by atoms with Gasteiger partial charge in [0, 0.05) is 30.5 Å². The summed E-state index contributed by atoms with van der Waals surface area (Å²) < 4.78 is 1.81. The minimum atomic E-state index is 0.533. The van der Waals surface area contributed by atoms with Gasteiger partial charge in [-0.2, -0.15) is 5.10 Å². The first kappa shape index (κ1) is 17.7. The van der Waals surface area contributed by atoms with Gasteiger partial charge in [-0.05, 0) is 44.9 Å². The van der Waals surface area contributed by atoms with E-state index in [1.54, 1.807) is 6.20 Å². The highest BCUT2D eigenvalue weighted by Gasteiger charge is 2.21. The Morgan fingerprint density at radius 2 is 1.97 bits per heavy atom. The van der Waals surface area contributed by atoms with Crippen LogP contribution in [0.5, 0.6) is 0 Å². The van der Waals surface area contributed by atoms with Crippen molar-refractivity contribution in [3.8, 4) is 11.3 Å². The van der Waals surface area contributed by atoms with E-state index in [2.05, 4.69) is 65.4 Å². The summed E-state index contributed by atoms with van der Waals surface area (Å²) in [6.07, 6.45) is 6.08. The molecule has 1 atom stereocenters. The number of hydrogen-bond donors (Lipinski definition) is 1. The molecule has 1 aliphatic heterocycles. The number of benzene rings is 1. The van der Waals surface area contributed by atoms with Gasteiger partial charge in [-0.15, -0.1) is 0 Å². The maximum Gasteiger partial charge on any atom is 0.177 e. The summed E-state index contributed by atoms with van der Waals surface area (Å²) in [5, 5.41) is 8.19. The molecule has 0 spiro atoms. The summed E-state index contributed by atoms with van der Waals surface area (Å²) in [6.45, 7) is 5.41. The molecule has 0 aliphatic carbocycles. The van der Waals surface area contributed by atoms with E-state index < -0.39 is 0 Å². The SMILES string of the molecule is Cc1ccc(-c2cc(Nc3cccc(N4CCCC4C)n3)c3nccn3n2)cc1. The van der Waals surface area contributed by atoms with Gasteiger partial charge in [-0.25, -0.2) is 14.5 Å². The molecule has 1 saturated heterocycles. The van der Waals surface area contributed by atoms with Gasteiger partial charge in [0.15, 0.2) is 5.65 Å². The van der Waals surface area contributed by atoms with Gasteiger partial charge >= 0.3 is 0 Å². The number of hydrogen-bond acceptors (Lipinski definition) is 5. The average Bonchev–Trinajstić information content (AvgIpc) is 3.37. The lowest BCUT2D eigenvalue weighted by molar-refractivity contribution is 0.727. The summed E-state index contributed by atoms with van der Waals surface area (Å²) >= 11 is 0. The normalized spacial score (nSPS) is 16.5. The van der Waals surface area contributed by atoms with Gasteiger partial charge in [0.1, 0.15) is 11.6 Å². The molecule has 1 fully saturated rings. The van der Waals surface area contributed by atoms with Crippen LogP contribution in [-0.2, 0) is 0 Å². The predicted octanol–water partition coefficient (Wildman–Crippen LogP) is 4.83. The second kappa shape index (κ2) is 7.20. The van der Waals surface area contributed by atoms with Gasteiger partial charge in [-0.3, -0.25) is 0 Å².